The Morgan fingerprint density at radius 1 is 1.04 bits per heavy atom. The van der Waals surface area contributed by atoms with E-state index < -0.39 is 36.3 Å². The number of carboxylic acid groups (broad SMARTS) is 1. The van der Waals surface area contributed by atoms with Gasteiger partial charge in [0.05, 0.1) is 32.8 Å². The number of ether oxygens (including phenoxy) is 1. The lowest BCUT2D eigenvalue weighted by molar-refractivity contribution is -0.146. The van der Waals surface area contributed by atoms with E-state index in [1.165, 1.54) is 9.80 Å². The molecule has 0 rings (SSSR count). The maximum Gasteiger partial charge on any atom is 0.320 e. The summed E-state index contributed by atoms with van der Waals surface area (Å²) in [6.07, 6.45) is 0. The van der Waals surface area contributed by atoms with E-state index in [0.29, 0.717) is 0 Å². The van der Waals surface area contributed by atoms with Gasteiger partial charge in [0.25, 0.3) is 0 Å². The van der Waals surface area contributed by atoms with Crippen LogP contribution in [0, 0.1) is 0 Å². The van der Waals surface area contributed by atoms with Gasteiger partial charge in [0.1, 0.15) is 0 Å². The van der Waals surface area contributed by atoms with Crippen molar-refractivity contribution in [2.45, 2.75) is 19.9 Å². The molecule has 2 amide bonds. The van der Waals surface area contributed by atoms with Crippen LogP contribution in [0.25, 0.3) is 0 Å². The standard InChI is InChI=1S/C13H24N4O6/c1-3-23-13(22)8-17(6-11(15)19)9(2)4-16(5-10(14)18)7-12(20)21/h9H,3-8H2,1-2H3,(H2,14,18)(H2,15,19)(H,20,21)/t9-/m1/s1. The third-order valence-corrected chi connectivity index (χ3v) is 2.88. The van der Waals surface area contributed by atoms with Gasteiger partial charge >= 0.3 is 11.9 Å². The van der Waals surface area contributed by atoms with Crippen LogP contribution in [0.2, 0.25) is 0 Å². The smallest absolute Gasteiger partial charge is 0.320 e. The molecule has 0 saturated carbocycles. The largest absolute Gasteiger partial charge is 0.480 e. The molecule has 0 radical (unpaired) electrons. The van der Waals surface area contributed by atoms with Gasteiger partial charge in [0.2, 0.25) is 11.8 Å². The second-order valence-electron chi connectivity index (χ2n) is 5.06. The van der Waals surface area contributed by atoms with Gasteiger partial charge in [0.15, 0.2) is 0 Å². The molecule has 10 nitrogen and oxygen atoms in total. The molecule has 0 unspecified atom stereocenters. The van der Waals surface area contributed by atoms with Crippen molar-refractivity contribution in [1.29, 1.82) is 0 Å². The third kappa shape index (κ3) is 10.2. The molecule has 10 heteroatoms. The van der Waals surface area contributed by atoms with Crippen molar-refractivity contribution in [1.82, 2.24) is 9.80 Å². The first-order valence-corrected chi connectivity index (χ1v) is 7.06. The van der Waals surface area contributed by atoms with Gasteiger partial charge in [0, 0.05) is 12.6 Å². The zero-order valence-electron chi connectivity index (χ0n) is 13.4. The number of carbonyl (C=O) groups is 4. The molecule has 0 aromatic carbocycles. The zero-order valence-corrected chi connectivity index (χ0v) is 13.4. The van der Waals surface area contributed by atoms with Crippen LogP contribution in [0.1, 0.15) is 13.8 Å². The number of carboxylic acids is 1. The molecule has 0 heterocycles. The number of esters is 1. The summed E-state index contributed by atoms with van der Waals surface area (Å²) in [6.45, 7) is 2.63. The average molecular weight is 332 g/mol. The van der Waals surface area contributed by atoms with Crippen molar-refractivity contribution in [3.63, 3.8) is 0 Å². The van der Waals surface area contributed by atoms with Crippen molar-refractivity contribution in [2.24, 2.45) is 11.5 Å². The summed E-state index contributed by atoms with van der Waals surface area (Å²) in [4.78, 5) is 47.3. The Morgan fingerprint density at radius 2 is 1.61 bits per heavy atom. The molecule has 23 heavy (non-hydrogen) atoms. The van der Waals surface area contributed by atoms with Crippen molar-refractivity contribution in [3.8, 4) is 0 Å². The molecule has 0 bridgehead atoms. The minimum Gasteiger partial charge on any atom is -0.480 e. The Balaban J connectivity index is 4.89. The summed E-state index contributed by atoms with van der Waals surface area (Å²) in [5.41, 5.74) is 10.2. The minimum absolute atomic E-state index is 0.113. The van der Waals surface area contributed by atoms with Crippen molar-refractivity contribution < 1.29 is 29.0 Å². The monoisotopic (exact) mass is 332 g/mol. The molecule has 5 N–H and O–H groups in total. The van der Waals surface area contributed by atoms with Crippen LogP contribution >= 0.6 is 0 Å². The highest BCUT2D eigenvalue weighted by molar-refractivity contribution is 5.78. The van der Waals surface area contributed by atoms with E-state index in [-0.39, 0.29) is 32.8 Å². The molecule has 1 atom stereocenters. The van der Waals surface area contributed by atoms with Gasteiger partial charge < -0.3 is 21.3 Å². The van der Waals surface area contributed by atoms with Crippen LogP contribution < -0.4 is 11.5 Å². The van der Waals surface area contributed by atoms with E-state index in [1.54, 1.807) is 13.8 Å². The second kappa shape index (κ2) is 10.5. The molecule has 0 aromatic rings. The lowest BCUT2D eigenvalue weighted by Crippen LogP contribution is -2.50. The molecule has 0 aromatic heterocycles. The molecule has 132 valence electrons. The number of hydrogen-bond donors (Lipinski definition) is 3. The quantitative estimate of drug-likeness (QED) is 0.334. The fraction of sp³-hybridized carbons (Fsp3) is 0.692. The fourth-order valence-corrected chi connectivity index (χ4v) is 2.03. The van der Waals surface area contributed by atoms with Crippen molar-refractivity contribution in [3.05, 3.63) is 0 Å². The molecule has 0 saturated heterocycles. The van der Waals surface area contributed by atoms with E-state index >= 15 is 0 Å². The summed E-state index contributed by atoms with van der Waals surface area (Å²) >= 11 is 0. The van der Waals surface area contributed by atoms with Crippen LogP contribution in [-0.2, 0) is 23.9 Å². The molecule has 0 fully saturated rings. The third-order valence-electron chi connectivity index (χ3n) is 2.88. The summed E-state index contributed by atoms with van der Waals surface area (Å²) in [5, 5.41) is 8.85. The van der Waals surface area contributed by atoms with Gasteiger partial charge in [-0.3, -0.25) is 29.0 Å². The van der Waals surface area contributed by atoms with Gasteiger partial charge in [-0.1, -0.05) is 0 Å². The number of aliphatic carboxylic acids is 1. The zero-order chi connectivity index (χ0) is 18.0. The Bertz CT molecular complexity index is 426. The summed E-state index contributed by atoms with van der Waals surface area (Å²) < 4.78 is 4.82. The normalized spacial score (nSPS) is 12.2. The molecule has 0 aliphatic heterocycles. The van der Waals surface area contributed by atoms with Crippen LogP contribution in [0.3, 0.4) is 0 Å². The van der Waals surface area contributed by atoms with E-state index in [9.17, 15) is 19.2 Å². The van der Waals surface area contributed by atoms with E-state index in [0.717, 1.165) is 0 Å². The molecular weight excluding hydrogens is 308 g/mol. The van der Waals surface area contributed by atoms with E-state index in [4.69, 9.17) is 21.3 Å². The Labute approximate surface area is 134 Å². The second-order valence-corrected chi connectivity index (χ2v) is 5.06. The number of carbonyl (C=O) groups excluding carboxylic acids is 3. The molecular formula is C13H24N4O6. The van der Waals surface area contributed by atoms with Crippen molar-refractivity contribution >= 4 is 23.8 Å². The first-order chi connectivity index (χ1) is 10.6. The maximum atomic E-state index is 11.6. The Hall–Kier alpha value is -2.20. The summed E-state index contributed by atoms with van der Waals surface area (Å²) in [5.74, 6) is -2.96. The minimum atomic E-state index is -1.12. The van der Waals surface area contributed by atoms with Gasteiger partial charge in [-0.25, -0.2) is 0 Å². The molecule has 0 aliphatic carbocycles. The predicted octanol–water partition coefficient (Wildman–Crippen LogP) is -2.40. The van der Waals surface area contributed by atoms with Crippen molar-refractivity contribution in [2.75, 3.05) is 39.3 Å². The number of primary amides is 2. The average Bonchev–Trinajstić information content (AvgIpc) is 2.35. The number of rotatable bonds is 12. The number of nitrogens with two attached hydrogens (primary N) is 2. The van der Waals surface area contributed by atoms with Gasteiger partial charge in [-0.05, 0) is 13.8 Å². The highest BCUT2D eigenvalue weighted by Crippen LogP contribution is 2.03. The fourth-order valence-electron chi connectivity index (χ4n) is 2.03. The number of nitrogens with zero attached hydrogens (tertiary/aromatic N) is 2. The van der Waals surface area contributed by atoms with Crippen LogP contribution in [0.5, 0.6) is 0 Å². The Morgan fingerprint density at radius 3 is 2.04 bits per heavy atom. The highest BCUT2D eigenvalue weighted by Gasteiger charge is 2.23. The topological polar surface area (TPSA) is 156 Å². The molecule has 0 aliphatic rings. The van der Waals surface area contributed by atoms with E-state index in [2.05, 4.69) is 0 Å². The van der Waals surface area contributed by atoms with Gasteiger partial charge in [-0.15, -0.1) is 0 Å². The lowest BCUT2D eigenvalue weighted by Gasteiger charge is -2.31. The Kier molecular flexibility index (Phi) is 9.51. The number of hydrogen-bond acceptors (Lipinski definition) is 7. The first-order valence-electron chi connectivity index (χ1n) is 7.06. The van der Waals surface area contributed by atoms with Crippen LogP contribution in [-0.4, -0.2) is 84.0 Å². The highest BCUT2D eigenvalue weighted by atomic mass is 16.5. The SMILES string of the molecule is CCOC(=O)CN(CC(N)=O)[C@H](C)CN(CC(N)=O)CC(=O)O. The first kappa shape index (κ1) is 20.8. The number of amides is 2. The summed E-state index contributed by atoms with van der Waals surface area (Å²) in [7, 11) is 0. The molecule has 0 spiro atoms. The van der Waals surface area contributed by atoms with Gasteiger partial charge in [-0.2, -0.15) is 0 Å². The summed E-state index contributed by atoms with van der Waals surface area (Å²) in [6, 6.07) is -0.425. The predicted molar refractivity (Wildman–Crippen MR) is 80.1 cm³/mol. The van der Waals surface area contributed by atoms with Crippen LogP contribution in [0.15, 0.2) is 0 Å². The van der Waals surface area contributed by atoms with E-state index in [1.807, 2.05) is 0 Å². The lowest BCUT2D eigenvalue weighted by atomic mass is 10.2. The maximum absolute atomic E-state index is 11.6. The van der Waals surface area contributed by atoms with Crippen LogP contribution in [0.4, 0.5) is 0 Å².